The molecule has 0 atom stereocenters. The Balaban J connectivity index is 1.66. The summed E-state index contributed by atoms with van der Waals surface area (Å²) in [6.45, 7) is 0.318. The normalized spacial score (nSPS) is 13.3. The molecule has 0 unspecified atom stereocenters. The van der Waals surface area contributed by atoms with Crippen LogP contribution in [0.25, 0.3) is 0 Å². The first-order valence-corrected chi connectivity index (χ1v) is 12.1. The van der Waals surface area contributed by atoms with Crippen molar-refractivity contribution in [3.63, 3.8) is 0 Å². The number of benzene rings is 3. The van der Waals surface area contributed by atoms with E-state index < -0.39 is 16.0 Å². The molecule has 1 N–H and O–H groups in total. The fourth-order valence-electron chi connectivity index (χ4n) is 3.79. The Morgan fingerprint density at radius 2 is 1.79 bits per heavy atom. The Bertz CT molecular complexity index is 1290. The zero-order valence-corrected chi connectivity index (χ0v) is 19.4. The van der Waals surface area contributed by atoms with Crippen molar-refractivity contribution < 1.29 is 27.8 Å². The third-order valence-electron chi connectivity index (χ3n) is 5.34. The van der Waals surface area contributed by atoms with E-state index in [4.69, 9.17) is 26.2 Å². The zero-order valence-electron chi connectivity index (χ0n) is 17.8. The number of carboxylic acids is 1. The van der Waals surface area contributed by atoms with Crippen LogP contribution in [-0.4, -0.2) is 33.1 Å². The first kappa shape index (κ1) is 22.9. The van der Waals surface area contributed by atoms with E-state index in [2.05, 4.69) is 0 Å². The van der Waals surface area contributed by atoms with E-state index in [1.54, 1.807) is 42.5 Å². The maximum Gasteiger partial charge on any atom is 0.307 e. The molecule has 9 heteroatoms. The van der Waals surface area contributed by atoms with Gasteiger partial charge in [0.2, 0.25) is 0 Å². The van der Waals surface area contributed by atoms with Crippen LogP contribution in [0.1, 0.15) is 17.5 Å². The van der Waals surface area contributed by atoms with Gasteiger partial charge in [-0.15, -0.1) is 0 Å². The number of fused-ring (bicyclic) bond motifs is 1. The SMILES string of the molecule is COc1ccc(Cl)cc1S(=O)(=O)N1CCCc2ccc(Oc3ccc(CC(=O)O)cc3)cc21. The lowest BCUT2D eigenvalue weighted by molar-refractivity contribution is -0.136. The third kappa shape index (κ3) is 4.91. The standard InChI is InChI=1S/C24H22ClNO6S/c1-31-22-11-7-18(25)14-23(22)33(29,30)26-12-2-3-17-6-10-20(15-21(17)26)32-19-8-4-16(5-9-19)13-24(27)28/h4-11,14-15H,2-3,12-13H2,1H3,(H,27,28). The molecule has 0 spiro atoms. The number of carboxylic acid groups (broad SMARTS) is 1. The van der Waals surface area contributed by atoms with Crippen molar-refractivity contribution in [2.45, 2.75) is 24.2 Å². The lowest BCUT2D eigenvalue weighted by Crippen LogP contribution is -2.35. The summed E-state index contributed by atoms with van der Waals surface area (Å²) in [5.41, 5.74) is 2.10. The van der Waals surface area contributed by atoms with Crippen LogP contribution < -0.4 is 13.8 Å². The summed E-state index contributed by atoms with van der Waals surface area (Å²) in [5.74, 6) is 0.307. The molecule has 172 valence electrons. The van der Waals surface area contributed by atoms with Gasteiger partial charge < -0.3 is 14.6 Å². The third-order valence-corrected chi connectivity index (χ3v) is 7.41. The summed E-state index contributed by atoms with van der Waals surface area (Å²) in [5, 5.41) is 9.21. The molecule has 0 aromatic heterocycles. The number of halogens is 1. The Kier molecular flexibility index (Phi) is 6.49. The minimum atomic E-state index is -3.93. The number of nitrogens with zero attached hydrogens (tertiary/aromatic N) is 1. The van der Waals surface area contributed by atoms with Crippen LogP contribution in [0, 0.1) is 0 Å². The number of sulfonamides is 1. The molecule has 0 amide bonds. The van der Waals surface area contributed by atoms with Crippen LogP contribution in [0.4, 0.5) is 5.69 Å². The highest BCUT2D eigenvalue weighted by atomic mass is 35.5. The van der Waals surface area contributed by atoms with Crippen molar-refractivity contribution in [1.29, 1.82) is 0 Å². The van der Waals surface area contributed by atoms with Crippen molar-refractivity contribution in [3.8, 4) is 17.2 Å². The summed E-state index contributed by atoms with van der Waals surface area (Å²) in [6.07, 6.45) is 1.36. The number of rotatable bonds is 7. The molecule has 0 radical (unpaired) electrons. The van der Waals surface area contributed by atoms with E-state index >= 15 is 0 Å². The lowest BCUT2D eigenvalue weighted by Gasteiger charge is -2.31. The second-order valence-corrected chi connectivity index (χ2v) is 9.85. The van der Waals surface area contributed by atoms with Gasteiger partial charge in [-0.3, -0.25) is 9.10 Å². The number of methoxy groups -OCH3 is 1. The zero-order chi connectivity index (χ0) is 23.6. The van der Waals surface area contributed by atoms with Gasteiger partial charge in [0.1, 0.15) is 22.1 Å². The Hall–Kier alpha value is -3.23. The molecule has 4 rings (SSSR count). The molecule has 1 aliphatic heterocycles. The van der Waals surface area contributed by atoms with E-state index in [0.717, 1.165) is 12.0 Å². The summed E-state index contributed by atoms with van der Waals surface area (Å²) in [6, 6.07) is 16.6. The summed E-state index contributed by atoms with van der Waals surface area (Å²) in [7, 11) is -2.52. The van der Waals surface area contributed by atoms with Crippen molar-refractivity contribution in [2.24, 2.45) is 0 Å². The van der Waals surface area contributed by atoms with Gasteiger partial charge in [0, 0.05) is 17.6 Å². The quantitative estimate of drug-likeness (QED) is 0.509. The van der Waals surface area contributed by atoms with Crippen molar-refractivity contribution in [2.75, 3.05) is 18.0 Å². The number of hydrogen-bond donors (Lipinski definition) is 1. The lowest BCUT2D eigenvalue weighted by atomic mass is 10.0. The number of aliphatic carboxylic acids is 1. The number of hydrogen-bond acceptors (Lipinski definition) is 5. The second kappa shape index (κ2) is 9.33. The molecule has 3 aromatic carbocycles. The van der Waals surface area contributed by atoms with Gasteiger partial charge in [0.15, 0.2) is 0 Å². The fraction of sp³-hybridized carbons (Fsp3) is 0.208. The molecule has 0 aliphatic carbocycles. The van der Waals surface area contributed by atoms with Gasteiger partial charge in [-0.1, -0.05) is 29.8 Å². The van der Waals surface area contributed by atoms with E-state index in [0.29, 0.717) is 40.7 Å². The van der Waals surface area contributed by atoms with Gasteiger partial charge in [-0.05, 0) is 60.4 Å². The molecular formula is C24H22ClNO6S. The van der Waals surface area contributed by atoms with Crippen LogP contribution in [-0.2, 0) is 27.7 Å². The maximum atomic E-state index is 13.6. The van der Waals surface area contributed by atoms with Gasteiger partial charge in [-0.2, -0.15) is 0 Å². The molecule has 3 aromatic rings. The number of ether oxygens (including phenoxy) is 2. The average molecular weight is 488 g/mol. The van der Waals surface area contributed by atoms with E-state index in [1.165, 1.54) is 23.5 Å². The molecule has 0 saturated heterocycles. The highest BCUT2D eigenvalue weighted by Gasteiger charge is 2.32. The van der Waals surface area contributed by atoms with Crippen molar-refractivity contribution >= 4 is 33.3 Å². The molecule has 0 bridgehead atoms. The van der Waals surface area contributed by atoms with Gasteiger partial charge in [0.05, 0.1) is 19.2 Å². The van der Waals surface area contributed by atoms with Gasteiger partial charge in [0.25, 0.3) is 10.0 Å². The Morgan fingerprint density at radius 3 is 2.48 bits per heavy atom. The number of carbonyl (C=O) groups is 1. The smallest absolute Gasteiger partial charge is 0.307 e. The Morgan fingerprint density at radius 1 is 1.06 bits per heavy atom. The molecular weight excluding hydrogens is 466 g/mol. The summed E-state index contributed by atoms with van der Waals surface area (Å²) in [4.78, 5) is 10.9. The van der Waals surface area contributed by atoms with Crippen LogP contribution in [0.3, 0.4) is 0 Å². The average Bonchev–Trinajstić information content (AvgIpc) is 2.79. The van der Waals surface area contributed by atoms with E-state index in [-0.39, 0.29) is 17.1 Å². The monoisotopic (exact) mass is 487 g/mol. The molecule has 1 heterocycles. The molecule has 0 fully saturated rings. The van der Waals surface area contributed by atoms with Crippen LogP contribution >= 0.6 is 11.6 Å². The maximum absolute atomic E-state index is 13.6. The highest BCUT2D eigenvalue weighted by molar-refractivity contribution is 7.93. The van der Waals surface area contributed by atoms with Gasteiger partial charge in [-0.25, -0.2) is 8.42 Å². The first-order chi connectivity index (χ1) is 15.8. The molecule has 1 aliphatic rings. The van der Waals surface area contributed by atoms with E-state index in [1.807, 2.05) is 6.07 Å². The fourth-order valence-corrected chi connectivity index (χ4v) is 5.74. The number of aryl methyl sites for hydroxylation is 1. The number of anilines is 1. The summed E-state index contributed by atoms with van der Waals surface area (Å²) < 4.78 is 39.7. The Labute approximate surface area is 197 Å². The highest BCUT2D eigenvalue weighted by Crippen LogP contribution is 2.38. The summed E-state index contributed by atoms with van der Waals surface area (Å²) >= 11 is 6.08. The minimum Gasteiger partial charge on any atom is -0.495 e. The van der Waals surface area contributed by atoms with Crippen molar-refractivity contribution in [3.05, 3.63) is 76.8 Å². The minimum absolute atomic E-state index is 0.00527. The molecule has 33 heavy (non-hydrogen) atoms. The van der Waals surface area contributed by atoms with Gasteiger partial charge >= 0.3 is 5.97 Å². The predicted molar refractivity (Wildman–Crippen MR) is 125 cm³/mol. The molecule has 0 saturated carbocycles. The topological polar surface area (TPSA) is 93.1 Å². The first-order valence-electron chi connectivity index (χ1n) is 10.3. The van der Waals surface area contributed by atoms with Crippen LogP contribution in [0.5, 0.6) is 17.2 Å². The van der Waals surface area contributed by atoms with E-state index in [9.17, 15) is 13.2 Å². The second-order valence-electron chi connectivity index (χ2n) is 7.58. The van der Waals surface area contributed by atoms with Crippen LogP contribution in [0.2, 0.25) is 5.02 Å². The largest absolute Gasteiger partial charge is 0.495 e. The predicted octanol–water partition coefficient (Wildman–Crippen LogP) is 4.91. The van der Waals surface area contributed by atoms with Crippen LogP contribution in [0.15, 0.2) is 65.6 Å². The molecule has 7 nitrogen and oxygen atoms in total. The van der Waals surface area contributed by atoms with Crippen molar-refractivity contribution in [1.82, 2.24) is 0 Å².